The molecule has 2 aromatic rings. The number of rotatable bonds is 3. The van der Waals surface area contributed by atoms with E-state index in [1.54, 1.807) is 18.9 Å². The van der Waals surface area contributed by atoms with Crippen molar-refractivity contribution in [2.75, 3.05) is 24.4 Å². The molecule has 2 aromatic carbocycles. The van der Waals surface area contributed by atoms with Gasteiger partial charge in [0.15, 0.2) is 0 Å². The van der Waals surface area contributed by atoms with E-state index in [9.17, 15) is 0 Å². The fourth-order valence-electron chi connectivity index (χ4n) is 2.22. The summed E-state index contributed by atoms with van der Waals surface area (Å²) in [5.41, 5.74) is 2.16. The molecule has 0 saturated heterocycles. The Morgan fingerprint density at radius 1 is 1.23 bits per heavy atom. The average molecular weight is 328 g/mol. The monoisotopic (exact) mass is 328 g/mol. The lowest BCUT2D eigenvalue weighted by molar-refractivity contribution is 0.414. The SMILES string of the molecule is COc1ccc2c(c1)S/C(=C\C(=S)Nc1ccccc1)N2C. The molecule has 22 heavy (non-hydrogen) atoms. The molecule has 0 amide bonds. The number of nitrogens with zero attached hydrogens (tertiary/aromatic N) is 1. The van der Waals surface area contributed by atoms with Crippen molar-refractivity contribution in [3.63, 3.8) is 0 Å². The topological polar surface area (TPSA) is 24.5 Å². The van der Waals surface area contributed by atoms with E-state index in [0.717, 1.165) is 16.5 Å². The highest BCUT2D eigenvalue weighted by Gasteiger charge is 2.22. The Morgan fingerprint density at radius 3 is 2.73 bits per heavy atom. The molecule has 1 N–H and O–H groups in total. The van der Waals surface area contributed by atoms with Crippen molar-refractivity contribution in [2.24, 2.45) is 0 Å². The van der Waals surface area contributed by atoms with Gasteiger partial charge in [0, 0.05) is 23.7 Å². The van der Waals surface area contributed by atoms with Crippen LogP contribution < -0.4 is 15.0 Å². The van der Waals surface area contributed by atoms with Crippen molar-refractivity contribution < 1.29 is 4.74 Å². The Kier molecular flexibility index (Phi) is 4.36. The molecule has 1 aliphatic rings. The highest BCUT2D eigenvalue weighted by Crippen LogP contribution is 2.46. The van der Waals surface area contributed by atoms with Crippen molar-refractivity contribution in [1.29, 1.82) is 0 Å². The number of fused-ring (bicyclic) bond motifs is 1. The first-order valence-corrected chi connectivity index (χ1v) is 8.07. The van der Waals surface area contributed by atoms with Crippen LogP contribution in [-0.2, 0) is 0 Å². The number of methoxy groups -OCH3 is 1. The molecule has 0 bridgehead atoms. The van der Waals surface area contributed by atoms with Gasteiger partial charge >= 0.3 is 0 Å². The van der Waals surface area contributed by atoms with Crippen molar-refractivity contribution in [1.82, 2.24) is 0 Å². The fourth-order valence-corrected chi connectivity index (χ4v) is 3.64. The molecule has 0 saturated carbocycles. The van der Waals surface area contributed by atoms with Crippen molar-refractivity contribution in [3.8, 4) is 5.75 Å². The second kappa shape index (κ2) is 6.42. The third-order valence-electron chi connectivity index (χ3n) is 3.37. The summed E-state index contributed by atoms with van der Waals surface area (Å²) in [6.07, 6.45) is 1.99. The minimum atomic E-state index is 0.695. The largest absolute Gasteiger partial charge is 0.497 e. The highest BCUT2D eigenvalue weighted by molar-refractivity contribution is 8.03. The molecule has 3 rings (SSSR count). The van der Waals surface area contributed by atoms with Crippen LogP contribution in [0.5, 0.6) is 5.75 Å². The van der Waals surface area contributed by atoms with Gasteiger partial charge in [0.05, 0.1) is 17.8 Å². The molecule has 1 aliphatic heterocycles. The quantitative estimate of drug-likeness (QED) is 0.660. The first-order valence-electron chi connectivity index (χ1n) is 6.85. The van der Waals surface area contributed by atoms with Crippen LogP contribution in [0.4, 0.5) is 11.4 Å². The van der Waals surface area contributed by atoms with Gasteiger partial charge < -0.3 is 15.0 Å². The van der Waals surface area contributed by atoms with E-state index in [1.165, 1.54) is 10.6 Å². The Hall–Kier alpha value is -1.98. The number of hydrogen-bond acceptors (Lipinski definition) is 4. The lowest BCUT2D eigenvalue weighted by atomic mass is 10.3. The van der Waals surface area contributed by atoms with E-state index >= 15 is 0 Å². The van der Waals surface area contributed by atoms with Crippen LogP contribution in [-0.4, -0.2) is 19.1 Å². The molecule has 0 radical (unpaired) electrons. The number of thiocarbonyl (C=S) groups is 1. The van der Waals surface area contributed by atoms with Gasteiger partial charge in [-0.1, -0.05) is 42.2 Å². The summed E-state index contributed by atoms with van der Waals surface area (Å²) in [6.45, 7) is 0. The van der Waals surface area contributed by atoms with E-state index in [0.29, 0.717) is 4.99 Å². The number of anilines is 2. The predicted molar refractivity (Wildman–Crippen MR) is 98.0 cm³/mol. The Morgan fingerprint density at radius 2 is 2.00 bits per heavy atom. The van der Waals surface area contributed by atoms with Gasteiger partial charge in [-0.25, -0.2) is 0 Å². The van der Waals surface area contributed by atoms with Crippen LogP contribution in [0, 0.1) is 0 Å². The van der Waals surface area contributed by atoms with Crippen molar-refractivity contribution in [3.05, 3.63) is 59.6 Å². The van der Waals surface area contributed by atoms with E-state index in [-0.39, 0.29) is 0 Å². The number of hydrogen-bond donors (Lipinski definition) is 1. The summed E-state index contributed by atoms with van der Waals surface area (Å²) in [5, 5.41) is 4.32. The zero-order valence-electron chi connectivity index (χ0n) is 12.4. The summed E-state index contributed by atoms with van der Waals surface area (Å²) in [7, 11) is 3.73. The first kappa shape index (κ1) is 14.9. The second-order valence-corrected chi connectivity index (χ2v) is 6.33. The highest BCUT2D eigenvalue weighted by atomic mass is 32.2. The maximum atomic E-state index is 5.43. The van der Waals surface area contributed by atoms with Crippen LogP contribution in [0.3, 0.4) is 0 Å². The second-order valence-electron chi connectivity index (χ2n) is 4.83. The Balaban J connectivity index is 1.77. The van der Waals surface area contributed by atoms with Crippen LogP contribution in [0.2, 0.25) is 0 Å². The molecule has 0 spiro atoms. The van der Waals surface area contributed by atoms with Crippen LogP contribution in [0.15, 0.2) is 64.5 Å². The van der Waals surface area contributed by atoms with E-state index < -0.39 is 0 Å². The predicted octanol–water partition coefficient (Wildman–Crippen LogP) is 4.52. The maximum absolute atomic E-state index is 5.43. The van der Waals surface area contributed by atoms with Gasteiger partial charge in [-0.2, -0.15) is 0 Å². The van der Waals surface area contributed by atoms with Crippen LogP contribution in [0.25, 0.3) is 0 Å². The van der Waals surface area contributed by atoms with E-state index in [2.05, 4.69) is 16.3 Å². The fraction of sp³-hybridized carbons (Fsp3) is 0.118. The molecule has 0 atom stereocenters. The summed E-state index contributed by atoms with van der Waals surface area (Å²) in [4.78, 5) is 4.01. The maximum Gasteiger partial charge on any atom is 0.120 e. The van der Waals surface area contributed by atoms with Gasteiger partial charge in [-0.05, 0) is 30.3 Å². The van der Waals surface area contributed by atoms with E-state index in [4.69, 9.17) is 17.0 Å². The molecule has 0 fully saturated rings. The summed E-state index contributed by atoms with van der Waals surface area (Å²) in [6, 6.07) is 16.0. The van der Waals surface area contributed by atoms with Gasteiger partial charge in [-0.15, -0.1) is 0 Å². The zero-order valence-corrected chi connectivity index (χ0v) is 14.0. The molecule has 5 heteroatoms. The molecular formula is C17H16N2OS2. The van der Waals surface area contributed by atoms with Crippen LogP contribution >= 0.6 is 24.0 Å². The lowest BCUT2D eigenvalue weighted by Crippen LogP contribution is -2.13. The normalized spacial score (nSPS) is 14.8. The average Bonchev–Trinajstić information content (AvgIpc) is 2.83. The molecule has 1 heterocycles. The molecular weight excluding hydrogens is 312 g/mol. The first-order chi connectivity index (χ1) is 10.7. The molecule has 0 unspecified atom stereocenters. The Bertz CT molecular complexity index is 729. The number of ether oxygens (including phenoxy) is 1. The van der Waals surface area contributed by atoms with Crippen LogP contribution in [0.1, 0.15) is 0 Å². The summed E-state index contributed by atoms with van der Waals surface area (Å²) in [5.74, 6) is 0.867. The number of benzene rings is 2. The molecule has 112 valence electrons. The van der Waals surface area contributed by atoms with E-state index in [1.807, 2.05) is 55.6 Å². The minimum Gasteiger partial charge on any atom is -0.497 e. The summed E-state index contributed by atoms with van der Waals surface area (Å²) >= 11 is 7.13. The van der Waals surface area contributed by atoms with Gasteiger partial charge in [-0.3, -0.25) is 0 Å². The smallest absolute Gasteiger partial charge is 0.120 e. The number of thioether (sulfide) groups is 1. The number of para-hydroxylation sites is 1. The third-order valence-corrected chi connectivity index (χ3v) is 4.74. The minimum absolute atomic E-state index is 0.695. The van der Waals surface area contributed by atoms with Crippen molar-refractivity contribution >= 4 is 40.3 Å². The Labute approximate surface area is 140 Å². The lowest BCUT2D eigenvalue weighted by Gasteiger charge is -2.14. The standard InChI is InChI=1S/C17H16N2OS2/c1-19-14-9-8-13(20-2)10-15(14)22-17(19)11-16(21)18-12-6-4-3-5-7-12/h3-11H,1-2H3,(H,18,21)/b17-11-. The molecule has 3 nitrogen and oxygen atoms in total. The summed E-state index contributed by atoms with van der Waals surface area (Å²) < 4.78 is 5.28. The number of nitrogens with one attached hydrogen (secondary N) is 1. The zero-order chi connectivity index (χ0) is 15.5. The van der Waals surface area contributed by atoms with Gasteiger partial charge in [0.2, 0.25) is 0 Å². The molecule has 0 aliphatic carbocycles. The van der Waals surface area contributed by atoms with Crippen molar-refractivity contribution in [2.45, 2.75) is 4.90 Å². The van der Waals surface area contributed by atoms with Gasteiger partial charge in [0.1, 0.15) is 10.7 Å². The molecule has 0 aromatic heterocycles. The van der Waals surface area contributed by atoms with Gasteiger partial charge in [0.25, 0.3) is 0 Å². The third kappa shape index (κ3) is 3.10.